The molecule has 0 spiro atoms. The van der Waals surface area contributed by atoms with Gasteiger partial charge >= 0.3 is 0 Å². The van der Waals surface area contributed by atoms with Crippen molar-refractivity contribution in [2.24, 2.45) is 5.92 Å². The maximum atomic E-state index is 12.0. The van der Waals surface area contributed by atoms with Gasteiger partial charge in [-0.2, -0.15) is 0 Å². The van der Waals surface area contributed by atoms with E-state index in [4.69, 9.17) is 0 Å². The minimum atomic E-state index is -0.133. The molecule has 1 fully saturated rings. The van der Waals surface area contributed by atoms with Crippen LogP contribution in [0.2, 0.25) is 0 Å². The van der Waals surface area contributed by atoms with Crippen LogP contribution in [0.3, 0.4) is 0 Å². The summed E-state index contributed by atoms with van der Waals surface area (Å²) >= 11 is 0. The Hall–Kier alpha value is -0.110. The molecule has 0 aromatic carbocycles. The average Bonchev–Trinajstić information content (AvgIpc) is 1.88. The molecule has 0 bridgehead atoms. The van der Waals surface area contributed by atoms with E-state index < -0.39 is 0 Å². The second-order valence-corrected chi connectivity index (χ2v) is 2.90. The summed E-state index contributed by atoms with van der Waals surface area (Å²) in [6.45, 7) is 2.98. The summed E-state index contributed by atoms with van der Waals surface area (Å²) < 4.78 is 12.0. The number of hydrogen-bond acceptors (Lipinski definition) is 1. The molecule has 54 valence electrons. The van der Waals surface area contributed by atoms with Gasteiger partial charge in [-0.25, -0.2) is 0 Å². The van der Waals surface area contributed by atoms with Crippen molar-refractivity contribution >= 4 is 0 Å². The molecule has 1 heterocycles. The second-order valence-electron chi connectivity index (χ2n) is 2.90. The number of halogens is 1. The van der Waals surface area contributed by atoms with Crippen LogP contribution in [0.25, 0.3) is 0 Å². The molecule has 0 amide bonds. The molecule has 1 rings (SSSR count). The van der Waals surface area contributed by atoms with Crippen molar-refractivity contribution in [3.8, 4) is 0 Å². The normalized spacial score (nSPS) is 36.7. The van der Waals surface area contributed by atoms with Crippen molar-refractivity contribution in [1.82, 2.24) is 5.32 Å². The molecule has 1 aliphatic rings. The van der Waals surface area contributed by atoms with Crippen molar-refractivity contribution in [2.45, 2.75) is 25.8 Å². The molecule has 0 radical (unpaired) electrons. The lowest BCUT2D eigenvalue weighted by Gasteiger charge is -2.25. The highest BCUT2D eigenvalue weighted by Gasteiger charge is 2.17. The van der Waals surface area contributed by atoms with Crippen LogP contribution in [0.1, 0.15) is 19.8 Å². The van der Waals surface area contributed by atoms with E-state index >= 15 is 0 Å². The molecule has 0 aliphatic carbocycles. The van der Waals surface area contributed by atoms with Gasteiger partial charge in [0.2, 0.25) is 0 Å². The number of piperidine rings is 1. The standard InChI is InChI=1S/C7H14FN/c1-6-4-7(5-8)2-3-9-6/h6-7,9H,2-5H2,1H3/t6-,7-/m0/s1. The van der Waals surface area contributed by atoms with E-state index in [1.165, 1.54) is 0 Å². The third-order valence-corrected chi connectivity index (χ3v) is 1.95. The van der Waals surface area contributed by atoms with Gasteiger partial charge in [-0.1, -0.05) is 0 Å². The molecule has 0 unspecified atom stereocenters. The zero-order valence-corrected chi connectivity index (χ0v) is 5.86. The van der Waals surface area contributed by atoms with E-state index in [1.54, 1.807) is 0 Å². The lowest BCUT2D eigenvalue weighted by Crippen LogP contribution is -2.36. The van der Waals surface area contributed by atoms with Gasteiger partial charge in [0.1, 0.15) is 0 Å². The van der Waals surface area contributed by atoms with Crippen LogP contribution in [0, 0.1) is 5.92 Å². The fourth-order valence-corrected chi connectivity index (χ4v) is 1.38. The van der Waals surface area contributed by atoms with E-state index in [0.717, 1.165) is 19.4 Å². The van der Waals surface area contributed by atoms with Crippen LogP contribution in [-0.4, -0.2) is 19.3 Å². The summed E-state index contributed by atoms with van der Waals surface area (Å²) in [5.41, 5.74) is 0. The van der Waals surface area contributed by atoms with Crippen LogP contribution >= 0.6 is 0 Å². The first kappa shape index (κ1) is 7.00. The van der Waals surface area contributed by atoms with E-state index in [9.17, 15) is 4.39 Å². The Morgan fingerprint density at radius 3 is 2.89 bits per heavy atom. The molecule has 0 aromatic heterocycles. The first-order valence-corrected chi connectivity index (χ1v) is 3.62. The van der Waals surface area contributed by atoms with Crippen molar-refractivity contribution in [3.63, 3.8) is 0 Å². The van der Waals surface area contributed by atoms with Gasteiger partial charge in [0.05, 0.1) is 6.67 Å². The highest BCUT2D eigenvalue weighted by atomic mass is 19.1. The van der Waals surface area contributed by atoms with Crippen LogP contribution in [0.15, 0.2) is 0 Å². The molecule has 2 atom stereocenters. The molecule has 2 heteroatoms. The van der Waals surface area contributed by atoms with Gasteiger partial charge in [-0.15, -0.1) is 0 Å². The Labute approximate surface area is 55.6 Å². The highest BCUT2D eigenvalue weighted by molar-refractivity contribution is 4.73. The Bertz CT molecular complexity index is 85.0. The molecular weight excluding hydrogens is 117 g/mol. The lowest BCUT2D eigenvalue weighted by molar-refractivity contribution is 0.257. The first-order chi connectivity index (χ1) is 4.33. The SMILES string of the molecule is C[C@H]1C[C@@H](CF)CCN1. The molecular formula is C7H14FN. The minimum absolute atomic E-state index is 0.133. The van der Waals surface area contributed by atoms with Gasteiger partial charge in [0, 0.05) is 6.04 Å². The summed E-state index contributed by atoms with van der Waals surface area (Å²) in [5, 5.41) is 3.28. The van der Waals surface area contributed by atoms with E-state index in [1.807, 2.05) is 0 Å². The fourth-order valence-electron chi connectivity index (χ4n) is 1.38. The topological polar surface area (TPSA) is 12.0 Å². The lowest BCUT2D eigenvalue weighted by atomic mass is 9.95. The van der Waals surface area contributed by atoms with Crippen LogP contribution < -0.4 is 5.32 Å². The largest absolute Gasteiger partial charge is 0.314 e. The van der Waals surface area contributed by atoms with Crippen molar-refractivity contribution in [2.75, 3.05) is 13.2 Å². The monoisotopic (exact) mass is 131 g/mol. The number of hydrogen-bond donors (Lipinski definition) is 1. The summed E-state index contributed by atoms with van der Waals surface area (Å²) in [7, 11) is 0. The molecule has 0 aromatic rings. The maximum absolute atomic E-state index is 12.0. The minimum Gasteiger partial charge on any atom is -0.314 e. The molecule has 9 heavy (non-hydrogen) atoms. The first-order valence-electron chi connectivity index (χ1n) is 3.62. The van der Waals surface area contributed by atoms with E-state index in [0.29, 0.717) is 12.0 Å². The fraction of sp³-hybridized carbons (Fsp3) is 1.00. The predicted molar refractivity (Wildman–Crippen MR) is 36.2 cm³/mol. The van der Waals surface area contributed by atoms with Gasteiger partial charge in [-0.3, -0.25) is 4.39 Å². The number of rotatable bonds is 1. The summed E-state index contributed by atoms with van der Waals surface area (Å²) in [4.78, 5) is 0. The Kier molecular flexibility index (Phi) is 2.46. The summed E-state index contributed by atoms with van der Waals surface area (Å²) in [6.07, 6.45) is 2.03. The molecule has 1 aliphatic heterocycles. The summed E-state index contributed by atoms with van der Waals surface area (Å²) in [6, 6.07) is 0.527. The third-order valence-electron chi connectivity index (χ3n) is 1.95. The Morgan fingerprint density at radius 2 is 2.44 bits per heavy atom. The van der Waals surface area contributed by atoms with Gasteiger partial charge < -0.3 is 5.32 Å². The quantitative estimate of drug-likeness (QED) is 0.566. The van der Waals surface area contributed by atoms with Gasteiger partial charge in [0.15, 0.2) is 0 Å². The van der Waals surface area contributed by atoms with Crippen LogP contribution in [0.5, 0.6) is 0 Å². The average molecular weight is 131 g/mol. The van der Waals surface area contributed by atoms with Crippen molar-refractivity contribution in [1.29, 1.82) is 0 Å². The second kappa shape index (κ2) is 3.16. The maximum Gasteiger partial charge on any atom is 0.0923 e. The molecule has 1 N–H and O–H groups in total. The molecule has 0 saturated carbocycles. The van der Waals surface area contributed by atoms with Crippen molar-refractivity contribution < 1.29 is 4.39 Å². The number of nitrogens with one attached hydrogen (secondary N) is 1. The molecule has 1 saturated heterocycles. The van der Waals surface area contributed by atoms with E-state index in [-0.39, 0.29) is 6.67 Å². The smallest absolute Gasteiger partial charge is 0.0923 e. The van der Waals surface area contributed by atoms with Gasteiger partial charge in [0.25, 0.3) is 0 Å². The van der Waals surface area contributed by atoms with Crippen LogP contribution in [-0.2, 0) is 0 Å². The van der Waals surface area contributed by atoms with Crippen molar-refractivity contribution in [3.05, 3.63) is 0 Å². The molecule has 1 nitrogen and oxygen atoms in total. The van der Waals surface area contributed by atoms with Gasteiger partial charge in [-0.05, 0) is 32.2 Å². The number of alkyl halides is 1. The predicted octanol–water partition coefficient (Wildman–Crippen LogP) is 1.34. The van der Waals surface area contributed by atoms with E-state index in [2.05, 4.69) is 12.2 Å². The van der Waals surface area contributed by atoms with Crippen LogP contribution in [0.4, 0.5) is 4.39 Å². The Balaban J connectivity index is 2.23. The third kappa shape index (κ3) is 1.94. The Morgan fingerprint density at radius 1 is 1.67 bits per heavy atom. The zero-order valence-electron chi connectivity index (χ0n) is 5.86. The summed E-state index contributed by atoms with van der Waals surface area (Å²) in [5.74, 6) is 0.334. The zero-order chi connectivity index (χ0) is 6.69. The highest BCUT2D eigenvalue weighted by Crippen LogP contribution is 2.15.